The van der Waals surface area contributed by atoms with Crippen LogP contribution in [-0.2, 0) is 6.54 Å². The van der Waals surface area contributed by atoms with Gasteiger partial charge < -0.3 is 14.0 Å². The molecule has 0 saturated heterocycles. The van der Waals surface area contributed by atoms with Crippen molar-refractivity contribution in [3.63, 3.8) is 0 Å². The molecule has 3 rings (SSSR count). The third kappa shape index (κ3) is 4.89. The molecule has 0 radical (unpaired) electrons. The number of thioether (sulfide) groups is 1. The molecule has 0 bridgehead atoms. The number of nitrogens with zero attached hydrogens (tertiary/aromatic N) is 2. The molecule has 3 aromatic rings. The molecule has 0 aliphatic rings. The van der Waals surface area contributed by atoms with Crippen molar-refractivity contribution in [2.24, 2.45) is 0 Å². The van der Waals surface area contributed by atoms with Crippen LogP contribution < -0.4 is 9.47 Å². The second-order valence-corrected chi connectivity index (χ2v) is 7.11. The molecule has 0 saturated carbocycles. The number of benzene rings is 2. The molecule has 0 amide bonds. The summed E-state index contributed by atoms with van der Waals surface area (Å²) in [4.78, 5) is 17.4. The van der Waals surface area contributed by atoms with Crippen molar-refractivity contribution < 1.29 is 14.3 Å². The summed E-state index contributed by atoms with van der Waals surface area (Å²) in [5.41, 5.74) is 2.69. The van der Waals surface area contributed by atoms with Crippen LogP contribution in [0.3, 0.4) is 0 Å². The lowest BCUT2D eigenvalue weighted by atomic mass is 10.1. The first kappa shape index (κ1) is 22.3. The molecule has 0 fully saturated rings. The Bertz CT molecular complexity index is 943. The van der Waals surface area contributed by atoms with Gasteiger partial charge in [-0.2, -0.15) is 0 Å². The van der Waals surface area contributed by atoms with E-state index in [1.54, 1.807) is 32.4 Å². The Balaban J connectivity index is 0.00000280. The lowest BCUT2D eigenvalue weighted by Gasteiger charge is -2.10. The van der Waals surface area contributed by atoms with Crippen LogP contribution in [0.2, 0.25) is 0 Å². The number of unbranched alkanes of at least 4 members (excludes halogenated alkanes) is 1. The number of para-hydroxylation sites is 2. The van der Waals surface area contributed by atoms with Gasteiger partial charge in [-0.15, -0.1) is 17.0 Å². The number of halogens is 1. The van der Waals surface area contributed by atoms with E-state index < -0.39 is 0 Å². The van der Waals surface area contributed by atoms with Crippen LogP contribution in [0.15, 0.2) is 47.6 Å². The molecular weight excluding hydrogens is 440 g/mol. The smallest absolute Gasteiger partial charge is 0.173 e. The highest BCUT2D eigenvalue weighted by Crippen LogP contribution is 2.29. The standard InChI is InChI=1S/C21H24N2O3S.BrH/c1-4-5-12-23-17-9-7-6-8-16(17)22-21(23)27-14-18(24)15-10-11-19(25-2)20(13-15)26-3;/h6-11,13H,4-5,12,14H2,1-3H3;1H. The Kier molecular flexibility index (Phi) is 8.38. The maximum absolute atomic E-state index is 12.7. The predicted molar refractivity (Wildman–Crippen MR) is 120 cm³/mol. The third-order valence-electron chi connectivity index (χ3n) is 4.39. The van der Waals surface area contributed by atoms with Crippen LogP contribution in [-0.4, -0.2) is 35.3 Å². The van der Waals surface area contributed by atoms with Gasteiger partial charge in [-0.3, -0.25) is 4.79 Å². The fraction of sp³-hybridized carbons (Fsp3) is 0.333. The molecule has 1 aromatic heterocycles. The van der Waals surface area contributed by atoms with E-state index in [1.165, 1.54) is 11.8 Å². The van der Waals surface area contributed by atoms with Gasteiger partial charge in [0.25, 0.3) is 0 Å². The van der Waals surface area contributed by atoms with E-state index in [1.807, 2.05) is 18.2 Å². The molecule has 0 N–H and O–H groups in total. The average Bonchev–Trinajstić information content (AvgIpc) is 3.07. The highest BCUT2D eigenvalue weighted by atomic mass is 79.9. The summed E-state index contributed by atoms with van der Waals surface area (Å²) in [5, 5.41) is 0.887. The van der Waals surface area contributed by atoms with Crippen molar-refractivity contribution in [3.8, 4) is 11.5 Å². The number of methoxy groups -OCH3 is 2. The van der Waals surface area contributed by atoms with E-state index in [4.69, 9.17) is 14.5 Å². The van der Waals surface area contributed by atoms with Crippen LogP contribution in [0.4, 0.5) is 0 Å². The zero-order chi connectivity index (χ0) is 19.2. The topological polar surface area (TPSA) is 53.4 Å². The number of fused-ring (bicyclic) bond motifs is 1. The zero-order valence-electron chi connectivity index (χ0n) is 16.3. The van der Waals surface area contributed by atoms with Crippen molar-refractivity contribution >= 4 is 45.6 Å². The number of aromatic nitrogens is 2. The monoisotopic (exact) mass is 464 g/mol. The summed E-state index contributed by atoms with van der Waals surface area (Å²) in [6, 6.07) is 13.4. The minimum atomic E-state index is 0. The van der Waals surface area contributed by atoms with E-state index in [2.05, 4.69) is 17.6 Å². The summed E-state index contributed by atoms with van der Waals surface area (Å²) in [7, 11) is 3.15. The molecule has 7 heteroatoms. The number of hydrogen-bond acceptors (Lipinski definition) is 5. The van der Waals surface area contributed by atoms with Gasteiger partial charge in [0.15, 0.2) is 22.4 Å². The minimum Gasteiger partial charge on any atom is -0.493 e. The molecule has 150 valence electrons. The van der Waals surface area contributed by atoms with Gasteiger partial charge in [-0.1, -0.05) is 37.2 Å². The largest absolute Gasteiger partial charge is 0.493 e. The second-order valence-electron chi connectivity index (χ2n) is 6.17. The van der Waals surface area contributed by atoms with Crippen molar-refractivity contribution in [1.29, 1.82) is 0 Å². The summed E-state index contributed by atoms with van der Waals surface area (Å²) in [6.07, 6.45) is 2.19. The van der Waals surface area contributed by atoms with Gasteiger partial charge in [-0.25, -0.2) is 4.98 Å². The molecule has 28 heavy (non-hydrogen) atoms. The van der Waals surface area contributed by atoms with Crippen LogP contribution in [0.5, 0.6) is 11.5 Å². The van der Waals surface area contributed by atoms with Gasteiger partial charge in [0.1, 0.15) is 0 Å². The Morgan fingerprint density at radius 2 is 1.86 bits per heavy atom. The lowest BCUT2D eigenvalue weighted by molar-refractivity contribution is 0.102. The highest BCUT2D eigenvalue weighted by Gasteiger charge is 2.15. The van der Waals surface area contributed by atoms with Crippen LogP contribution in [0.1, 0.15) is 30.1 Å². The summed E-state index contributed by atoms with van der Waals surface area (Å²) < 4.78 is 12.7. The SMILES string of the molecule is Br.CCCCn1c(SCC(=O)c2ccc(OC)c(OC)c2)nc2ccccc21. The average molecular weight is 465 g/mol. The maximum Gasteiger partial charge on any atom is 0.173 e. The van der Waals surface area contributed by atoms with Crippen LogP contribution >= 0.6 is 28.7 Å². The van der Waals surface area contributed by atoms with Crippen LogP contribution in [0.25, 0.3) is 11.0 Å². The fourth-order valence-electron chi connectivity index (χ4n) is 2.92. The molecule has 0 unspecified atom stereocenters. The van der Waals surface area contributed by atoms with Gasteiger partial charge in [0, 0.05) is 12.1 Å². The van der Waals surface area contributed by atoms with Crippen molar-refractivity contribution in [3.05, 3.63) is 48.0 Å². The third-order valence-corrected chi connectivity index (χ3v) is 5.37. The van der Waals surface area contributed by atoms with Crippen molar-refractivity contribution in [2.45, 2.75) is 31.5 Å². The molecule has 5 nitrogen and oxygen atoms in total. The number of imidazole rings is 1. The first-order valence-electron chi connectivity index (χ1n) is 9.01. The summed E-state index contributed by atoms with van der Waals surface area (Å²) >= 11 is 1.48. The Morgan fingerprint density at radius 3 is 2.57 bits per heavy atom. The first-order valence-corrected chi connectivity index (χ1v) is 9.99. The second kappa shape index (κ2) is 10.5. The van der Waals surface area contributed by atoms with Gasteiger partial charge in [-0.05, 0) is 36.8 Å². The predicted octanol–water partition coefficient (Wildman–Crippen LogP) is 5.41. The maximum atomic E-state index is 12.7. The van der Waals surface area contributed by atoms with Crippen LogP contribution in [0, 0.1) is 0 Å². The number of ether oxygens (including phenoxy) is 2. The van der Waals surface area contributed by atoms with E-state index in [-0.39, 0.29) is 22.8 Å². The molecule has 0 atom stereocenters. The molecule has 0 aliphatic carbocycles. The van der Waals surface area contributed by atoms with Crippen molar-refractivity contribution in [1.82, 2.24) is 9.55 Å². The number of rotatable bonds is 9. The number of carbonyl (C=O) groups excluding carboxylic acids is 1. The quantitative estimate of drug-likeness (QED) is 0.313. The molecular formula is C21H25BrN2O3S. The number of hydrogen-bond donors (Lipinski definition) is 0. The van der Waals surface area contributed by atoms with Gasteiger partial charge >= 0.3 is 0 Å². The van der Waals surface area contributed by atoms with Gasteiger partial charge in [0.2, 0.25) is 0 Å². The Hall–Kier alpha value is -1.99. The summed E-state index contributed by atoms with van der Waals surface area (Å²) in [6.45, 7) is 3.08. The first-order chi connectivity index (χ1) is 13.2. The molecule has 2 aromatic carbocycles. The lowest BCUT2D eigenvalue weighted by Crippen LogP contribution is -2.06. The molecule has 0 spiro atoms. The van der Waals surface area contributed by atoms with E-state index in [0.717, 1.165) is 35.6 Å². The number of aryl methyl sites for hydroxylation is 1. The zero-order valence-corrected chi connectivity index (χ0v) is 18.8. The van der Waals surface area contributed by atoms with E-state index >= 15 is 0 Å². The molecule has 1 heterocycles. The summed E-state index contributed by atoms with van der Waals surface area (Å²) in [5.74, 6) is 1.53. The highest BCUT2D eigenvalue weighted by molar-refractivity contribution is 8.93. The van der Waals surface area contributed by atoms with Crippen molar-refractivity contribution in [2.75, 3.05) is 20.0 Å². The van der Waals surface area contributed by atoms with Gasteiger partial charge in [0.05, 0.1) is 31.0 Å². The number of carbonyl (C=O) groups is 1. The van der Waals surface area contributed by atoms with E-state index in [9.17, 15) is 4.79 Å². The Labute approximate surface area is 180 Å². The fourth-order valence-corrected chi connectivity index (χ4v) is 3.85. The normalized spacial score (nSPS) is 10.5. The van der Waals surface area contributed by atoms with E-state index in [0.29, 0.717) is 22.8 Å². The minimum absolute atomic E-state index is 0. The Morgan fingerprint density at radius 1 is 1.11 bits per heavy atom. The molecule has 0 aliphatic heterocycles. The number of ketones is 1. The number of Topliss-reactive ketones (excluding diaryl/α,β-unsaturated/α-hetero) is 1.